The Morgan fingerprint density at radius 1 is 0.951 bits per heavy atom. The first kappa shape index (κ1) is 27.4. The van der Waals surface area contributed by atoms with Crippen molar-refractivity contribution in [2.24, 2.45) is 5.73 Å². The number of hydrogen-bond acceptors (Lipinski definition) is 7. The molecule has 0 radical (unpaired) electrons. The zero-order valence-electron chi connectivity index (χ0n) is 23.1. The number of nitriles is 1. The lowest BCUT2D eigenvalue weighted by atomic mass is 9.83. The van der Waals surface area contributed by atoms with Gasteiger partial charge in [0.2, 0.25) is 5.88 Å². The fourth-order valence-corrected chi connectivity index (χ4v) is 4.58. The summed E-state index contributed by atoms with van der Waals surface area (Å²) in [5.74, 6) is 1.03. The van der Waals surface area contributed by atoms with Crippen LogP contribution in [0.5, 0.6) is 23.0 Å². The van der Waals surface area contributed by atoms with Crippen LogP contribution in [0.3, 0.4) is 0 Å². The number of fused-ring (bicyclic) bond motifs is 1. The summed E-state index contributed by atoms with van der Waals surface area (Å²) in [5, 5.41) is 9.95. The van der Waals surface area contributed by atoms with E-state index >= 15 is 0 Å². The summed E-state index contributed by atoms with van der Waals surface area (Å²) < 4.78 is 23.1. The van der Waals surface area contributed by atoms with Gasteiger partial charge in [0.1, 0.15) is 41.2 Å². The molecule has 0 bridgehead atoms. The van der Waals surface area contributed by atoms with Crippen molar-refractivity contribution in [3.63, 3.8) is 0 Å². The van der Waals surface area contributed by atoms with E-state index in [9.17, 15) is 10.1 Å². The molecule has 7 heteroatoms. The summed E-state index contributed by atoms with van der Waals surface area (Å²) in [6.07, 6.45) is 0.0313. The lowest BCUT2D eigenvalue weighted by Crippen LogP contribution is -2.21. The predicted octanol–water partition coefficient (Wildman–Crippen LogP) is 6.80. The Hall–Kier alpha value is -5.22. The van der Waals surface area contributed by atoms with E-state index in [1.165, 1.54) is 5.56 Å². The van der Waals surface area contributed by atoms with Crippen LogP contribution in [0.15, 0.2) is 102 Å². The van der Waals surface area contributed by atoms with Gasteiger partial charge in [0.15, 0.2) is 0 Å². The summed E-state index contributed by atoms with van der Waals surface area (Å²) in [6.45, 7) is 6.33. The number of hydrogen-bond donors (Lipinski definition) is 1. The molecule has 0 amide bonds. The lowest BCUT2D eigenvalue weighted by molar-refractivity contribution is 0.0734. The van der Waals surface area contributed by atoms with E-state index in [0.717, 1.165) is 16.7 Å². The minimum atomic E-state index is -0.520. The number of carbonyl (C=O) groups excluding carboxylic acids is 1. The van der Waals surface area contributed by atoms with E-state index in [1.54, 1.807) is 42.5 Å². The summed E-state index contributed by atoms with van der Waals surface area (Å²) in [5.41, 5.74) is 10.7. The van der Waals surface area contributed by atoms with Gasteiger partial charge in [0.05, 0.1) is 17.6 Å². The molecule has 0 spiro atoms. The fourth-order valence-electron chi connectivity index (χ4n) is 4.58. The third-order valence-corrected chi connectivity index (χ3v) is 6.58. The van der Waals surface area contributed by atoms with E-state index < -0.39 is 11.9 Å². The van der Waals surface area contributed by atoms with Gasteiger partial charge in [-0.2, -0.15) is 5.26 Å². The van der Waals surface area contributed by atoms with Gasteiger partial charge in [-0.15, -0.1) is 0 Å². The molecule has 0 fully saturated rings. The van der Waals surface area contributed by atoms with E-state index in [-0.39, 0.29) is 12.0 Å². The minimum absolute atomic E-state index is 0.000180. The van der Waals surface area contributed by atoms with Gasteiger partial charge in [-0.25, -0.2) is 4.79 Å². The molecular formula is C34H30N2O5. The molecule has 0 aromatic heterocycles. The zero-order valence-corrected chi connectivity index (χ0v) is 23.1. The second-order valence-electron chi connectivity index (χ2n) is 10.1. The number of carbonyl (C=O) groups is 1. The first-order valence-corrected chi connectivity index (χ1v) is 13.3. The van der Waals surface area contributed by atoms with Crippen LogP contribution in [0.25, 0.3) is 0 Å². The van der Waals surface area contributed by atoms with Crippen LogP contribution < -0.4 is 24.7 Å². The summed E-state index contributed by atoms with van der Waals surface area (Å²) in [6, 6.07) is 29.8. The third-order valence-electron chi connectivity index (χ3n) is 6.58. The molecule has 206 valence electrons. The maximum Gasteiger partial charge on any atom is 0.343 e. The maximum atomic E-state index is 12.8. The van der Waals surface area contributed by atoms with Gasteiger partial charge >= 0.3 is 5.97 Å². The van der Waals surface area contributed by atoms with E-state index in [0.29, 0.717) is 40.7 Å². The highest BCUT2D eigenvalue weighted by Crippen LogP contribution is 2.44. The Balaban J connectivity index is 1.37. The molecule has 2 N–H and O–H groups in total. The van der Waals surface area contributed by atoms with Crippen LogP contribution in [-0.2, 0) is 6.61 Å². The number of rotatable bonds is 8. The molecule has 1 heterocycles. The zero-order chi connectivity index (χ0) is 28.9. The Morgan fingerprint density at radius 2 is 1.68 bits per heavy atom. The number of nitrogens with two attached hydrogens (primary N) is 1. The molecule has 7 nitrogen and oxygen atoms in total. The number of ether oxygens (including phenoxy) is 4. The largest absolute Gasteiger partial charge is 0.491 e. The first-order valence-electron chi connectivity index (χ1n) is 13.3. The molecule has 0 saturated heterocycles. The summed E-state index contributed by atoms with van der Waals surface area (Å²) in [7, 11) is 0. The van der Waals surface area contributed by atoms with Gasteiger partial charge in [0, 0.05) is 11.6 Å². The number of aryl methyl sites for hydroxylation is 1. The Morgan fingerprint density at radius 3 is 2.39 bits per heavy atom. The van der Waals surface area contributed by atoms with E-state index in [4.69, 9.17) is 24.7 Å². The van der Waals surface area contributed by atoms with E-state index in [1.807, 2.05) is 69.3 Å². The molecule has 4 aromatic rings. The monoisotopic (exact) mass is 546 g/mol. The van der Waals surface area contributed by atoms with Crippen LogP contribution in [0.2, 0.25) is 0 Å². The Bertz CT molecular complexity index is 1630. The van der Waals surface area contributed by atoms with Crippen molar-refractivity contribution < 1.29 is 23.7 Å². The standard InChI is InChI=1S/C34H30N2O5/c1-21(2)39-26-13-11-24(12-14-26)34(37)40-28-15-16-29-31(18-28)41-33(36)30(19-35)32(29)25-5-4-6-27(17-25)38-20-23-9-7-22(3)8-10-23/h4-18,21,32H,20,36H2,1-3H3. The smallest absolute Gasteiger partial charge is 0.343 e. The van der Waals surface area contributed by atoms with E-state index in [2.05, 4.69) is 6.07 Å². The number of benzene rings is 4. The SMILES string of the molecule is Cc1ccc(COc2cccc(C3C(C#N)=C(N)Oc4cc(OC(=O)c5ccc(OC(C)C)cc5)ccc43)c2)cc1. The first-order chi connectivity index (χ1) is 19.8. The van der Waals surface area contributed by atoms with Crippen molar-refractivity contribution in [2.75, 3.05) is 0 Å². The molecule has 1 unspecified atom stereocenters. The lowest BCUT2D eigenvalue weighted by Gasteiger charge is -2.27. The number of allylic oxidation sites excluding steroid dienone is 1. The minimum Gasteiger partial charge on any atom is -0.491 e. The Labute approximate surface area is 239 Å². The van der Waals surface area contributed by atoms with Crippen molar-refractivity contribution in [1.82, 2.24) is 0 Å². The average Bonchev–Trinajstić information content (AvgIpc) is 2.96. The van der Waals surface area contributed by atoms with Gasteiger partial charge in [-0.3, -0.25) is 0 Å². The van der Waals surface area contributed by atoms with Crippen LogP contribution in [0.4, 0.5) is 0 Å². The quantitative estimate of drug-likeness (QED) is 0.191. The maximum absolute atomic E-state index is 12.8. The van der Waals surface area contributed by atoms with Crippen molar-refractivity contribution in [1.29, 1.82) is 5.26 Å². The van der Waals surface area contributed by atoms with Crippen LogP contribution in [0.1, 0.15) is 52.4 Å². The highest BCUT2D eigenvalue weighted by Gasteiger charge is 2.31. The molecule has 1 aliphatic heterocycles. The van der Waals surface area contributed by atoms with Gasteiger partial charge in [0.25, 0.3) is 0 Å². The highest BCUT2D eigenvalue weighted by molar-refractivity contribution is 5.91. The molecule has 0 aliphatic carbocycles. The molecule has 0 saturated carbocycles. The second kappa shape index (κ2) is 11.9. The fraction of sp³-hybridized carbons (Fsp3) is 0.176. The average molecular weight is 547 g/mol. The highest BCUT2D eigenvalue weighted by atomic mass is 16.5. The van der Waals surface area contributed by atoms with Gasteiger partial charge in [-0.1, -0.05) is 48.0 Å². The van der Waals surface area contributed by atoms with Gasteiger partial charge in [-0.05, 0) is 74.4 Å². The molecule has 1 aliphatic rings. The predicted molar refractivity (Wildman–Crippen MR) is 155 cm³/mol. The number of esters is 1. The van der Waals surface area contributed by atoms with Crippen molar-refractivity contribution in [3.8, 4) is 29.1 Å². The summed E-state index contributed by atoms with van der Waals surface area (Å²) >= 11 is 0. The molecule has 41 heavy (non-hydrogen) atoms. The normalized spacial score (nSPS) is 14.1. The van der Waals surface area contributed by atoms with Crippen LogP contribution in [-0.4, -0.2) is 12.1 Å². The third kappa shape index (κ3) is 6.34. The van der Waals surface area contributed by atoms with Crippen molar-refractivity contribution in [2.45, 2.75) is 39.4 Å². The topological polar surface area (TPSA) is 104 Å². The van der Waals surface area contributed by atoms with Crippen LogP contribution in [0, 0.1) is 18.3 Å². The molecular weight excluding hydrogens is 516 g/mol. The molecule has 4 aromatic carbocycles. The summed E-state index contributed by atoms with van der Waals surface area (Å²) in [4.78, 5) is 12.8. The molecule has 5 rings (SSSR count). The van der Waals surface area contributed by atoms with Gasteiger partial charge < -0.3 is 24.7 Å². The second-order valence-corrected chi connectivity index (χ2v) is 10.1. The van der Waals surface area contributed by atoms with Crippen molar-refractivity contribution in [3.05, 3.63) is 130 Å². The van der Waals surface area contributed by atoms with Crippen molar-refractivity contribution >= 4 is 5.97 Å². The Kier molecular flexibility index (Phi) is 7.93. The number of nitrogens with zero attached hydrogens (tertiary/aromatic N) is 1. The van der Waals surface area contributed by atoms with Crippen LogP contribution >= 0.6 is 0 Å². The molecule has 1 atom stereocenters.